The van der Waals surface area contributed by atoms with Gasteiger partial charge in [-0.25, -0.2) is 0 Å². The van der Waals surface area contributed by atoms with E-state index in [2.05, 4.69) is 0 Å². The predicted molar refractivity (Wildman–Crippen MR) is 35.0 cm³/mol. The van der Waals surface area contributed by atoms with E-state index in [1.165, 1.54) is 0 Å². The number of hydrogen-bond acceptors (Lipinski definition) is 2. The fourth-order valence-electron chi connectivity index (χ4n) is 1.54. The molecule has 1 saturated carbocycles. The van der Waals surface area contributed by atoms with E-state index < -0.39 is 12.2 Å². The molecule has 2 N–H and O–H groups in total. The summed E-state index contributed by atoms with van der Waals surface area (Å²) in [6.07, 6.45) is -0.0255. The number of rotatable bonds is 0. The third-order valence-electron chi connectivity index (χ3n) is 2.26. The summed E-state index contributed by atoms with van der Waals surface area (Å²) in [6, 6.07) is 0. The zero-order valence-corrected chi connectivity index (χ0v) is 5.91. The molecule has 2 nitrogen and oxygen atoms in total. The van der Waals surface area contributed by atoms with Crippen LogP contribution in [-0.4, -0.2) is 22.4 Å². The fourth-order valence-corrected chi connectivity index (χ4v) is 1.54. The van der Waals surface area contributed by atoms with E-state index in [1.807, 2.05) is 13.8 Å². The molecule has 0 unspecified atom stereocenters. The quantitative estimate of drug-likeness (QED) is 0.498. The number of hydrogen-bond donors (Lipinski definition) is 2. The number of aliphatic hydroxyl groups excluding tert-OH is 2. The van der Waals surface area contributed by atoms with Gasteiger partial charge in [0.05, 0.1) is 12.2 Å². The Morgan fingerprint density at radius 1 is 1.00 bits per heavy atom. The van der Waals surface area contributed by atoms with Gasteiger partial charge < -0.3 is 10.2 Å². The molecule has 0 saturated heterocycles. The molecule has 9 heavy (non-hydrogen) atoms. The van der Waals surface area contributed by atoms with E-state index in [1.54, 1.807) is 0 Å². The third-order valence-corrected chi connectivity index (χ3v) is 2.26. The summed E-state index contributed by atoms with van der Waals surface area (Å²) in [5.74, 6) is 0.546. The molecule has 1 aliphatic rings. The number of aliphatic hydroxyl groups is 2. The summed E-state index contributed by atoms with van der Waals surface area (Å²) in [7, 11) is 0. The Morgan fingerprint density at radius 2 is 1.33 bits per heavy atom. The largest absolute Gasteiger partial charge is 0.390 e. The average Bonchev–Trinajstić information content (AvgIpc) is 1.98. The van der Waals surface area contributed by atoms with Crippen molar-refractivity contribution in [2.45, 2.75) is 32.5 Å². The molecule has 0 aromatic rings. The van der Waals surface area contributed by atoms with Gasteiger partial charge >= 0.3 is 0 Å². The monoisotopic (exact) mass is 130 g/mol. The highest BCUT2D eigenvalue weighted by Gasteiger charge is 2.35. The molecule has 0 bridgehead atoms. The van der Waals surface area contributed by atoms with Crippen molar-refractivity contribution in [2.75, 3.05) is 0 Å². The van der Waals surface area contributed by atoms with E-state index in [9.17, 15) is 10.2 Å². The first-order valence-electron chi connectivity index (χ1n) is 3.49. The van der Waals surface area contributed by atoms with Gasteiger partial charge in [-0.05, 0) is 18.3 Å². The highest BCUT2D eigenvalue weighted by Crippen LogP contribution is 2.30. The Bertz CT molecular complexity index is 91.1. The van der Waals surface area contributed by atoms with Gasteiger partial charge in [-0.3, -0.25) is 0 Å². The first-order valence-corrected chi connectivity index (χ1v) is 3.49. The highest BCUT2D eigenvalue weighted by molar-refractivity contribution is 4.86. The maximum Gasteiger partial charge on any atom is 0.0827 e. The molecule has 1 fully saturated rings. The van der Waals surface area contributed by atoms with Gasteiger partial charge in [0.1, 0.15) is 0 Å². The van der Waals surface area contributed by atoms with Crippen LogP contribution in [0.3, 0.4) is 0 Å². The molecule has 0 spiro atoms. The van der Waals surface area contributed by atoms with E-state index in [-0.39, 0.29) is 11.8 Å². The zero-order chi connectivity index (χ0) is 7.02. The van der Waals surface area contributed by atoms with Gasteiger partial charge in [-0.15, -0.1) is 0 Å². The van der Waals surface area contributed by atoms with Crippen LogP contribution in [-0.2, 0) is 0 Å². The Kier molecular flexibility index (Phi) is 1.78. The van der Waals surface area contributed by atoms with Crippen molar-refractivity contribution >= 4 is 0 Å². The molecular weight excluding hydrogens is 116 g/mol. The molecule has 0 heterocycles. The van der Waals surface area contributed by atoms with Crippen molar-refractivity contribution in [1.29, 1.82) is 0 Å². The molecule has 1 rings (SSSR count). The average molecular weight is 130 g/mol. The van der Waals surface area contributed by atoms with Crippen molar-refractivity contribution in [1.82, 2.24) is 0 Å². The van der Waals surface area contributed by atoms with E-state index in [0.29, 0.717) is 0 Å². The Labute approximate surface area is 55.5 Å². The molecule has 0 amide bonds. The van der Waals surface area contributed by atoms with Crippen LogP contribution in [0.2, 0.25) is 0 Å². The van der Waals surface area contributed by atoms with Crippen LogP contribution >= 0.6 is 0 Å². The lowest BCUT2D eigenvalue weighted by Gasteiger charge is -2.11. The molecule has 1 aliphatic carbocycles. The summed E-state index contributed by atoms with van der Waals surface area (Å²) in [5, 5.41) is 18.4. The van der Waals surface area contributed by atoms with E-state index in [4.69, 9.17) is 0 Å². The first-order chi connectivity index (χ1) is 4.13. The van der Waals surface area contributed by atoms with E-state index >= 15 is 0 Å². The van der Waals surface area contributed by atoms with Crippen molar-refractivity contribution < 1.29 is 10.2 Å². The van der Waals surface area contributed by atoms with Crippen LogP contribution in [0.4, 0.5) is 0 Å². The molecule has 2 heteroatoms. The van der Waals surface area contributed by atoms with Gasteiger partial charge in [0, 0.05) is 0 Å². The van der Waals surface area contributed by atoms with E-state index in [0.717, 1.165) is 6.42 Å². The van der Waals surface area contributed by atoms with Gasteiger partial charge in [-0.1, -0.05) is 13.8 Å². The minimum absolute atomic E-state index is 0.273. The predicted octanol–water partition coefficient (Wildman–Crippen LogP) is 0.384. The van der Waals surface area contributed by atoms with Crippen LogP contribution in [0.1, 0.15) is 20.3 Å². The van der Waals surface area contributed by atoms with Crippen molar-refractivity contribution in [2.24, 2.45) is 11.8 Å². The van der Waals surface area contributed by atoms with Crippen LogP contribution in [0.15, 0.2) is 0 Å². The SMILES string of the molecule is C[C@H]1C[C@H](C)[C@@H](O)[C@H]1O. The Morgan fingerprint density at radius 3 is 1.44 bits per heavy atom. The van der Waals surface area contributed by atoms with Gasteiger partial charge in [-0.2, -0.15) is 0 Å². The van der Waals surface area contributed by atoms with Crippen LogP contribution in [0, 0.1) is 11.8 Å². The summed E-state index contributed by atoms with van der Waals surface area (Å²) in [6.45, 7) is 3.94. The van der Waals surface area contributed by atoms with Crippen molar-refractivity contribution in [3.05, 3.63) is 0 Å². The summed E-state index contributed by atoms with van der Waals surface area (Å²) in [4.78, 5) is 0. The summed E-state index contributed by atoms with van der Waals surface area (Å²) < 4.78 is 0. The lowest BCUT2D eigenvalue weighted by atomic mass is 10.1. The Balaban J connectivity index is 2.54. The Hall–Kier alpha value is -0.0800. The van der Waals surface area contributed by atoms with Crippen LogP contribution in [0.25, 0.3) is 0 Å². The normalized spacial score (nSPS) is 52.0. The summed E-state index contributed by atoms with van der Waals surface area (Å²) in [5.41, 5.74) is 0. The van der Waals surface area contributed by atoms with Crippen molar-refractivity contribution in [3.8, 4) is 0 Å². The lowest BCUT2D eigenvalue weighted by molar-refractivity contribution is 0.00981. The van der Waals surface area contributed by atoms with Gasteiger partial charge in [0.2, 0.25) is 0 Å². The molecule has 0 aromatic heterocycles. The second-order valence-electron chi connectivity index (χ2n) is 3.17. The highest BCUT2D eigenvalue weighted by atomic mass is 16.3. The minimum atomic E-state index is -0.486. The molecule has 0 aliphatic heterocycles. The van der Waals surface area contributed by atoms with Gasteiger partial charge in [0.15, 0.2) is 0 Å². The van der Waals surface area contributed by atoms with Crippen LogP contribution < -0.4 is 0 Å². The maximum atomic E-state index is 9.19. The van der Waals surface area contributed by atoms with Crippen molar-refractivity contribution in [3.63, 3.8) is 0 Å². The van der Waals surface area contributed by atoms with Crippen LogP contribution in [0.5, 0.6) is 0 Å². The topological polar surface area (TPSA) is 40.5 Å². The first kappa shape index (κ1) is 7.03. The lowest BCUT2D eigenvalue weighted by Crippen LogP contribution is -2.26. The third kappa shape index (κ3) is 1.10. The minimum Gasteiger partial charge on any atom is -0.390 e. The maximum absolute atomic E-state index is 9.19. The summed E-state index contributed by atoms with van der Waals surface area (Å²) >= 11 is 0. The smallest absolute Gasteiger partial charge is 0.0827 e. The molecule has 0 radical (unpaired) electrons. The molecule has 4 atom stereocenters. The molecule has 0 aromatic carbocycles. The second kappa shape index (κ2) is 2.27. The molecule has 54 valence electrons. The second-order valence-corrected chi connectivity index (χ2v) is 3.17. The van der Waals surface area contributed by atoms with Gasteiger partial charge in [0.25, 0.3) is 0 Å². The zero-order valence-electron chi connectivity index (χ0n) is 5.91. The fraction of sp³-hybridized carbons (Fsp3) is 1.00. The molecular formula is C7H14O2. The standard InChI is InChI=1S/C7H14O2/c1-4-3-5(2)7(9)6(4)8/h4-9H,3H2,1-2H3/t4-,5-,6-,7+/m0/s1.